The van der Waals surface area contributed by atoms with Gasteiger partial charge in [-0.2, -0.15) is 0 Å². The molecule has 1 aromatic rings. The van der Waals surface area contributed by atoms with Crippen LogP contribution in [0.4, 0.5) is 0 Å². The second-order valence-corrected chi connectivity index (χ2v) is 4.43. The van der Waals surface area contributed by atoms with Gasteiger partial charge in [-0.25, -0.2) is 0 Å². The van der Waals surface area contributed by atoms with Crippen molar-refractivity contribution in [3.05, 3.63) is 30.1 Å². The van der Waals surface area contributed by atoms with E-state index >= 15 is 0 Å². The second kappa shape index (κ2) is 8.64. The predicted molar refractivity (Wildman–Crippen MR) is 71.3 cm³/mol. The van der Waals surface area contributed by atoms with Gasteiger partial charge in [0, 0.05) is 25.4 Å². The molecule has 0 spiro atoms. The quantitative estimate of drug-likeness (QED) is 0.684. The van der Waals surface area contributed by atoms with Crippen LogP contribution in [0, 0.1) is 0 Å². The minimum atomic E-state index is -0.695. The molecule has 100 valence electrons. The molecule has 0 amide bonds. The number of hydrogen-bond donors (Lipinski definition) is 1. The highest BCUT2D eigenvalue weighted by atomic mass is 16.4. The van der Waals surface area contributed by atoms with Crippen LogP contribution in [-0.4, -0.2) is 34.0 Å². The molecule has 0 saturated carbocycles. The van der Waals surface area contributed by atoms with Crippen molar-refractivity contribution in [2.24, 2.45) is 0 Å². The number of aliphatic carboxylic acids is 1. The predicted octanol–water partition coefficient (Wildman–Crippen LogP) is 2.55. The standard InChI is InChI=1S/C14H22N2O2/c1-2-16(11-5-3-4-6-14(17)18)12-13-7-9-15-10-8-13/h7-10H,2-6,11-12H2,1H3,(H,17,18). The molecular formula is C14H22N2O2. The van der Waals surface area contributed by atoms with Crippen LogP contribution >= 0.6 is 0 Å². The first-order valence-electron chi connectivity index (χ1n) is 6.55. The van der Waals surface area contributed by atoms with Crippen molar-refractivity contribution in [1.82, 2.24) is 9.88 Å². The summed E-state index contributed by atoms with van der Waals surface area (Å²) in [5, 5.41) is 8.55. The van der Waals surface area contributed by atoms with E-state index in [2.05, 4.69) is 16.8 Å². The Labute approximate surface area is 109 Å². The summed E-state index contributed by atoms with van der Waals surface area (Å²) < 4.78 is 0. The third-order valence-electron chi connectivity index (χ3n) is 2.97. The summed E-state index contributed by atoms with van der Waals surface area (Å²) in [5.74, 6) is -0.695. The van der Waals surface area contributed by atoms with Crippen LogP contribution < -0.4 is 0 Å². The van der Waals surface area contributed by atoms with Crippen molar-refractivity contribution in [2.75, 3.05) is 13.1 Å². The van der Waals surface area contributed by atoms with E-state index < -0.39 is 5.97 Å². The van der Waals surface area contributed by atoms with E-state index in [9.17, 15) is 4.79 Å². The van der Waals surface area contributed by atoms with Gasteiger partial charge >= 0.3 is 5.97 Å². The van der Waals surface area contributed by atoms with Gasteiger partial charge in [0.15, 0.2) is 0 Å². The van der Waals surface area contributed by atoms with E-state index in [-0.39, 0.29) is 6.42 Å². The van der Waals surface area contributed by atoms with E-state index in [0.717, 1.165) is 38.9 Å². The fraction of sp³-hybridized carbons (Fsp3) is 0.571. The number of rotatable bonds is 9. The van der Waals surface area contributed by atoms with Gasteiger partial charge in [0.2, 0.25) is 0 Å². The molecule has 0 aromatic carbocycles. The number of aromatic nitrogens is 1. The molecule has 0 atom stereocenters. The Morgan fingerprint density at radius 3 is 2.61 bits per heavy atom. The number of pyridine rings is 1. The van der Waals surface area contributed by atoms with E-state index in [1.165, 1.54) is 5.56 Å². The summed E-state index contributed by atoms with van der Waals surface area (Å²) in [6.45, 7) is 5.14. The van der Waals surface area contributed by atoms with Gasteiger partial charge in [-0.05, 0) is 43.6 Å². The Kier molecular flexibility index (Phi) is 7.03. The summed E-state index contributed by atoms with van der Waals surface area (Å²) >= 11 is 0. The fourth-order valence-electron chi connectivity index (χ4n) is 1.88. The maximum absolute atomic E-state index is 10.4. The lowest BCUT2D eigenvalue weighted by Gasteiger charge is -2.20. The third-order valence-corrected chi connectivity index (χ3v) is 2.97. The summed E-state index contributed by atoms with van der Waals surface area (Å²) in [6, 6.07) is 4.07. The molecule has 0 radical (unpaired) electrons. The molecule has 1 N–H and O–H groups in total. The number of unbranched alkanes of at least 4 members (excludes halogenated alkanes) is 2. The Hall–Kier alpha value is -1.42. The SMILES string of the molecule is CCN(CCCCCC(=O)O)Cc1ccncc1. The average Bonchev–Trinajstić information content (AvgIpc) is 2.38. The molecular weight excluding hydrogens is 228 g/mol. The van der Waals surface area contributed by atoms with Crippen LogP contribution in [0.1, 0.15) is 38.2 Å². The topological polar surface area (TPSA) is 53.4 Å². The van der Waals surface area contributed by atoms with Crippen LogP contribution in [-0.2, 0) is 11.3 Å². The van der Waals surface area contributed by atoms with Crippen molar-refractivity contribution in [1.29, 1.82) is 0 Å². The first-order chi connectivity index (χ1) is 8.72. The number of hydrogen-bond acceptors (Lipinski definition) is 3. The van der Waals surface area contributed by atoms with Crippen molar-refractivity contribution in [3.8, 4) is 0 Å². The monoisotopic (exact) mass is 250 g/mol. The van der Waals surface area contributed by atoms with Gasteiger partial charge in [0.05, 0.1) is 0 Å². The smallest absolute Gasteiger partial charge is 0.303 e. The zero-order valence-electron chi connectivity index (χ0n) is 11.0. The van der Waals surface area contributed by atoms with Crippen molar-refractivity contribution < 1.29 is 9.90 Å². The lowest BCUT2D eigenvalue weighted by atomic mass is 10.2. The molecule has 0 bridgehead atoms. The summed E-state index contributed by atoms with van der Waals surface area (Å²) in [5.41, 5.74) is 1.28. The molecule has 18 heavy (non-hydrogen) atoms. The normalized spacial score (nSPS) is 10.8. The number of carboxylic acid groups (broad SMARTS) is 1. The minimum absolute atomic E-state index is 0.288. The van der Waals surface area contributed by atoms with Gasteiger partial charge in [0.25, 0.3) is 0 Å². The van der Waals surface area contributed by atoms with Gasteiger partial charge in [-0.3, -0.25) is 14.7 Å². The number of nitrogens with zero attached hydrogens (tertiary/aromatic N) is 2. The highest BCUT2D eigenvalue weighted by Crippen LogP contribution is 2.06. The van der Waals surface area contributed by atoms with Gasteiger partial charge in [-0.1, -0.05) is 13.3 Å². The van der Waals surface area contributed by atoms with Crippen LogP contribution in [0.2, 0.25) is 0 Å². The Morgan fingerprint density at radius 2 is 2.00 bits per heavy atom. The minimum Gasteiger partial charge on any atom is -0.481 e. The largest absolute Gasteiger partial charge is 0.481 e. The van der Waals surface area contributed by atoms with Crippen LogP contribution in [0.3, 0.4) is 0 Å². The average molecular weight is 250 g/mol. The lowest BCUT2D eigenvalue weighted by molar-refractivity contribution is -0.137. The van der Waals surface area contributed by atoms with E-state index in [0.29, 0.717) is 0 Å². The van der Waals surface area contributed by atoms with E-state index in [1.807, 2.05) is 24.5 Å². The zero-order valence-corrected chi connectivity index (χ0v) is 11.0. The molecule has 1 rings (SSSR count). The van der Waals surface area contributed by atoms with Gasteiger partial charge in [-0.15, -0.1) is 0 Å². The molecule has 0 aliphatic rings. The maximum Gasteiger partial charge on any atom is 0.303 e. The fourth-order valence-corrected chi connectivity index (χ4v) is 1.88. The molecule has 0 fully saturated rings. The highest BCUT2D eigenvalue weighted by molar-refractivity contribution is 5.66. The molecule has 4 heteroatoms. The van der Waals surface area contributed by atoms with Crippen molar-refractivity contribution in [3.63, 3.8) is 0 Å². The van der Waals surface area contributed by atoms with Crippen molar-refractivity contribution >= 4 is 5.97 Å². The van der Waals surface area contributed by atoms with Crippen LogP contribution in [0.15, 0.2) is 24.5 Å². The Balaban J connectivity index is 2.20. The molecule has 0 unspecified atom stereocenters. The molecule has 0 aliphatic heterocycles. The third kappa shape index (κ3) is 6.35. The maximum atomic E-state index is 10.4. The van der Waals surface area contributed by atoms with Crippen LogP contribution in [0.25, 0.3) is 0 Å². The van der Waals surface area contributed by atoms with Crippen LogP contribution in [0.5, 0.6) is 0 Å². The Morgan fingerprint density at radius 1 is 1.28 bits per heavy atom. The summed E-state index contributed by atoms with van der Waals surface area (Å²) in [4.78, 5) is 16.8. The molecule has 1 heterocycles. The lowest BCUT2D eigenvalue weighted by Crippen LogP contribution is -2.24. The Bertz CT molecular complexity index is 341. The summed E-state index contributed by atoms with van der Waals surface area (Å²) in [7, 11) is 0. The first-order valence-corrected chi connectivity index (χ1v) is 6.55. The van der Waals surface area contributed by atoms with Crippen molar-refractivity contribution in [2.45, 2.75) is 39.2 Å². The van der Waals surface area contributed by atoms with Gasteiger partial charge in [0.1, 0.15) is 0 Å². The zero-order chi connectivity index (χ0) is 13.2. The molecule has 0 aliphatic carbocycles. The number of carbonyl (C=O) groups is 1. The van der Waals surface area contributed by atoms with Gasteiger partial charge < -0.3 is 5.11 Å². The first kappa shape index (κ1) is 14.6. The molecule has 1 aromatic heterocycles. The number of carboxylic acids is 1. The van der Waals surface area contributed by atoms with E-state index in [4.69, 9.17) is 5.11 Å². The summed E-state index contributed by atoms with van der Waals surface area (Å²) in [6.07, 6.45) is 6.75. The second-order valence-electron chi connectivity index (χ2n) is 4.43. The molecule has 0 saturated heterocycles. The molecule has 4 nitrogen and oxygen atoms in total. The highest BCUT2D eigenvalue weighted by Gasteiger charge is 2.03. The van der Waals surface area contributed by atoms with E-state index in [1.54, 1.807) is 0 Å².